The lowest BCUT2D eigenvalue weighted by Crippen LogP contribution is -2.18. The van der Waals surface area contributed by atoms with Gasteiger partial charge in [-0.05, 0) is 31.5 Å². The van der Waals surface area contributed by atoms with Gasteiger partial charge in [0.1, 0.15) is 5.82 Å². The summed E-state index contributed by atoms with van der Waals surface area (Å²) < 4.78 is 6.42. The number of aromatic nitrogens is 2. The van der Waals surface area contributed by atoms with Crippen LogP contribution in [0.2, 0.25) is 0 Å². The van der Waals surface area contributed by atoms with E-state index in [1.54, 1.807) is 35.1 Å². The van der Waals surface area contributed by atoms with E-state index >= 15 is 0 Å². The van der Waals surface area contributed by atoms with Crippen LogP contribution in [-0.2, 0) is 4.74 Å². The molecule has 116 valence electrons. The lowest BCUT2D eigenvalue weighted by Gasteiger charge is -2.14. The van der Waals surface area contributed by atoms with Crippen molar-refractivity contribution in [2.24, 2.45) is 0 Å². The summed E-state index contributed by atoms with van der Waals surface area (Å²) >= 11 is 0. The minimum Gasteiger partial charge on any atom is -0.465 e. The average Bonchev–Trinajstić information content (AvgIpc) is 3.01. The molecule has 6 heteroatoms. The number of rotatable bonds is 5. The number of benzene rings is 1. The maximum absolute atomic E-state index is 12.3. The third-order valence-corrected chi connectivity index (χ3v) is 3.47. The Hall–Kier alpha value is -2.63. The largest absolute Gasteiger partial charge is 0.465 e. The molecule has 0 aliphatic rings. The van der Waals surface area contributed by atoms with Crippen molar-refractivity contribution in [3.05, 3.63) is 47.7 Å². The van der Waals surface area contributed by atoms with Crippen molar-refractivity contribution in [2.75, 3.05) is 12.4 Å². The monoisotopic (exact) mass is 301 g/mol. The Balaban J connectivity index is 2.20. The molecule has 0 radical (unpaired) electrons. The predicted molar refractivity (Wildman–Crippen MR) is 83.0 cm³/mol. The van der Waals surface area contributed by atoms with Gasteiger partial charge < -0.3 is 10.1 Å². The number of hydrogen-bond acceptors (Lipinski definition) is 4. The normalized spacial score (nSPS) is 11.8. The maximum Gasteiger partial charge on any atom is 0.337 e. The van der Waals surface area contributed by atoms with Crippen LogP contribution in [-0.4, -0.2) is 28.8 Å². The van der Waals surface area contributed by atoms with E-state index in [-0.39, 0.29) is 11.9 Å². The fourth-order valence-corrected chi connectivity index (χ4v) is 2.03. The summed E-state index contributed by atoms with van der Waals surface area (Å²) in [4.78, 5) is 23.9. The van der Waals surface area contributed by atoms with E-state index in [0.717, 1.165) is 6.42 Å². The van der Waals surface area contributed by atoms with Gasteiger partial charge in [-0.2, -0.15) is 5.10 Å². The predicted octanol–water partition coefficient (Wildman–Crippen LogP) is 2.89. The Bertz CT molecular complexity index is 679. The number of amides is 1. The molecule has 1 N–H and O–H groups in total. The number of hydrogen-bond donors (Lipinski definition) is 1. The van der Waals surface area contributed by atoms with Crippen molar-refractivity contribution < 1.29 is 14.3 Å². The zero-order valence-electron chi connectivity index (χ0n) is 12.9. The van der Waals surface area contributed by atoms with Crippen LogP contribution in [0.1, 0.15) is 47.0 Å². The smallest absolute Gasteiger partial charge is 0.337 e. The van der Waals surface area contributed by atoms with Crippen LogP contribution in [0.4, 0.5) is 5.82 Å². The summed E-state index contributed by atoms with van der Waals surface area (Å²) in [5.41, 5.74) is 0.727. The second-order valence-corrected chi connectivity index (χ2v) is 4.94. The highest BCUT2D eigenvalue weighted by atomic mass is 16.5. The second kappa shape index (κ2) is 6.89. The van der Waals surface area contributed by atoms with Crippen LogP contribution >= 0.6 is 0 Å². The lowest BCUT2D eigenvalue weighted by molar-refractivity contribution is 0.0600. The summed E-state index contributed by atoms with van der Waals surface area (Å²) in [6.45, 7) is 4.08. The molecule has 22 heavy (non-hydrogen) atoms. The second-order valence-electron chi connectivity index (χ2n) is 4.94. The number of nitrogens with one attached hydrogen (secondary N) is 1. The van der Waals surface area contributed by atoms with E-state index in [1.165, 1.54) is 13.2 Å². The SMILES string of the molecule is CCC(C)n1nccc1NC(=O)c1cccc(C(=O)OC)c1. The van der Waals surface area contributed by atoms with Crippen LogP contribution in [0.5, 0.6) is 0 Å². The molecule has 1 aromatic carbocycles. The highest BCUT2D eigenvalue weighted by molar-refractivity contribution is 6.05. The van der Waals surface area contributed by atoms with E-state index < -0.39 is 5.97 Å². The lowest BCUT2D eigenvalue weighted by atomic mass is 10.1. The summed E-state index contributed by atoms with van der Waals surface area (Å²) in [6, 6.07) is 8.33. The molecule has 1 unspecified atom stereocenters. The molecule has 0 aliphatic heterocycles. The minimum atomic E-state index is -0.473. The van der Waals surface area contributed by atoms with Gasteiger partial charge >= 0.3 is 5.97 Å². The van der Waals surface area contributed by atoms with Gasteiger partial charge in [0.25, 0.3) is 5.91 Å². The van der Waals surface area contributed by atoms with Crippen LogP contribution in [0, 0.1) is 0 Å². The van der Waals surface area contributed by atoms with Crippen LogP contribution in [0.25, 0.3) is 0 Å². The third kappa shape index (κ3) is 3.33. The topological polar surface area (TPSA) is 73.2 Å². The van der Waals surface area contributed by atoms with Crippen LogP contribution in [0.15, 0.2) is 36.5 Å². The van der Waals surface area contributed by atoms with Gasteiger partial charge in [0.2, 0.25) is 0 Å². The minimum absolute atomic E-state index is 0.187. The highest BCUT2D eigenvalue weighted by Gasteiger charge is 2.14. The van der Waals surface area contributed by atoms with Crippen molar-refractivity contribution in [3.63, 3.8) is 0 Å². The molecule has 0 fully saturated rings. The van der Waals surface area contributed by atoms with Crippen LogP contribution < -0.4 is 5.32 Å². The quantitative estimate of drug-likeness (QED) is 0.862. The summed E-state index contributed by atoms with van der Waals surface area (Å²) in [5, 5.41) is 7.04. The molecule has 6 nitrogen and oxygen atoms in total. The number of carbonyl (C=O) groups is 2. The van der Waals surface area contributed by atoms with E-state index in [1.807, 2.05) is 6.92 Å². The van der Waals surface area contributed by atoms with E-state index in [9.17, 15) is 9.59 Å². The van der Waals surface area contributed by atoms with E-state index in [2.05, 4.69) is 22.1 Å². The van der Waals surface area contributed by atoms with Crippen molar-refractivity contribution in [1.82, 2.24) is 9.78 Å². The van der Waals surface area contributed by atoms with Crippen molar-refractivity contribution in [1.29, 1.82) is 0 Å². The van der Waals surface area contributed by atoms with Gasteiger partial charge in [-0.1, -0.05) is 13.0 Å². The van der Waals surface area contributed by atoms with Crippen LogP contribution in [0.3, 0.4) is 0 Å². The molecular formula is C16H19N3O3. The van der Waals surface area contributed by atoms with Gasteiger partial charge in [-0.15, -0.1) is 0 Å². The van der Waals surface area contributed by atoms with Crippen molar-refractivity contribution in [2.45, 2.75) is 26.3 Å². The first kappa shape index (κ1) is 15.8. The fraction of sp³-hybridized carbons (Fsp3) is 0.312. The number of anilines is 1. The molecule has 0 aliphatic carbocycles. The Morgan fingerprint density at radius 1 is 1.32 bits per heavy atom. The molecule has 0 bridgehead atoms. The number of nitrogens with zero attached hydrogens (tertiary/aromatic N) is 2. The summed E-state index contributed by atoms with van der Waals surface area (Å²) in [7, 11) is 1.31. The first-order chi connectivity index (χ1) is 10.6. The molecule has 1 heterocycles. The Kier molecular flexibility index (Phi) is 4.93. The van der Waals surface area contributed by atoms with Crippen molar-refractivity contribution in [3.8, 4) is 0 Å². The summed E-state index contributed by atoms with van der Waals surface area (Å²) in [6.07, 6.45) is 2.55. The molecule has 1 atom stereocenters. The van der Waals surface area contributed by atoms with Gasteiger partial charge in [0, 0.05) is 11.6 Å². The maximum atomic E-state index is 12.3. The Morgan fingerprint density at radius 2 is 2.05 bits per heavy atom. The molecule has 0 saturated heterocycles. The first-order valence-corrected chi connectivity index (χ1v) is 7.10. The number of carbonyl (C=O) groups excluding carboxylic acids is 2. The molecule has 2 rings (SSSR count). The zero-order chi connectivity index (χ0) is 16.1. The Morgan fingerprint density at radius 3 is 2.73 bits per heavy atom. The number of methoxy groups -OCH3 is 1. The average molecular weight is 301 g/mol. The molecule has 0 spiro atoms. The Labute approximate surface area is 129 Å². The van der Waals surface area contributed by atoms with E-state index in [0.29, 0.717) is 16.9 Å². The van der Waals surface area contributed by atoms with Crippen molar-refractivity contribution >= 4 is 17.7 Å². The third-order valence-electron chi connectivity index (χ3n) is 3.47. The van der Waals surface area contributed by atoms with E-state index in [4.69, 9.17) is 0 Å². The number of esters is 1. The van der Waals surface area contributed by atoms with Gasteiger partial charge in [0.15, 0.2) is 0 Å². The molecule has 2 aromatic rings. The fourth-order valence-electron chi connectivity index (χ4n) is 2.03. The number of ether oxygens (including phenoxy) is 1. The molecule has 1 aromatic heterocycles. The standard InChI is InChI=1S/C16H19N3O3/c1-4-11(2)19-14(8-9-17-19)18-15(20)12-6-5-7-13(10-12)16(21)22-3/h5-11H,4H2,1-3H3,(H,18,20). The highest BCUT2D eigenvalue weighted by Crippen LogP contribution is 2.17. The summed E-state index contributed by atoms with van der Waals surface area (Å²) in [5.74, 6) is -0.141. The molecular weight excluding hydrogens is 282 g/mol. The zero-order valence-corrected chi connectivity index (χ0v) is 12.9. The van der Waals surface area contributed by atoms with Gasteiger partial charge in [0.05, 0.1) is 24.9 Å². The van der Waals surface area contributed by atoms with Gasteiger partial charge in [-0.3, -0.25) is 4.79 Å². The van der Waals surface area contributed by atoms with Gasteiger partial charge in [-0.25, -0.2) is 9.48 Å². The first-order valence-electron chi connectivity index (χ1n) is 7.10. The molecule has 1 amide bonds. The molecule has 0 saturated carbocycles.